The zero-order chi connectivity index (χ0) is 10.8. The summed E-state index contributed by atoms with van der Waals surface area (Å²) >= 11 is 5.39. The Morgan fingerprint density at radius 3 is 2.79 bits per heavy atom. The molecule has 0 amide bonds. The van der Waals surface area contributed by atoms with Gasteiger partial charge in [-0.1, -0.05) is 11.6 Å². The molecule has 1 rings (SSSR count). The van der Waals surface area contributed by atoms with Crippen molar-refractivity contribution >= 4 is 17.4 Å². The highest BCUT2D eigenvalue weighted by Gasteiger charge is 2.27. The van der Waals surface area contributed by atoms with Gasteiger partial charge in [0.05, 0.1) is 6.33 Å². The third-order valence-electron chi connectivity index (χ3n) is 1.25. The summed E-state index contributed by atoms with van der Waals surface area (Å²) in [6, 6.07) is 0. The molecule has 0 aliphatic rings. The van der Waals surface area contributed by atoms with Crippen LogP contribution < -0.4 is 10.9 Å². The third kappa shape index (κ3) is 2.91. The molecular formula is C6H5ClF3N3O. The highest BCUT2D eigenvalue weighted by Crippen LogP contribution is 2.17. The van der Waals surface area contributed by atoms with E-state index in [2.05, 4.69) is 9.97 Å². The molecule has 0 aliphatic carbocycles. The van der Waals surface area contributed by atoms with Gasteiger partial charge in [0.2, 0.25) is 0 Å². The van der Waals surface area contributed by atoms with Crippen LogP contribution in [0, 0.1) is 0 Å². The second-order valence-electron chi connectivity index (χ2n) is 2.36. The van der Waals surface area contributed by atoms with Crippen molar-refractivity contribution in [3.8, 4) is 0 Å². The van der Waals surface area contributed by atoms with Crippen molar-refractivity contribution in [1.82, 2.24) is 9.97 Å². The van der Waals surface area contributed by atoms with Crippen molar-refractivity contribution in [2.75, 3.05) is 11.9 Å². The molecule has 78 valence electrons. The van der Waals surface area contributed by atoms with Crippen LogP contribution in [-0.2, 0) is 0 Å². The monoisotopic (exact) mass is 227 g/mol. The molecule has 0 unspecified atom stereocenters. The summed E-state index contributed by atoms with van der Waals surface area (Å²) in [5.41, 5.74) is -0.689. The number of anilines is 1. The molecule has 14 heavy (non-hydrogen) atoms. The Morgan fingerprint density at radius 1 is 1.57 bits per heavy atom. The summed E-state index contributed by atoms with van der Waals surface area (Å²) in [5.74, 6) is -0.284. The summed E-state index contributed by atoms with van der Waals surface area (Å²) < 4.78 is 35.3. The Balaban J connectivity index is 2.78. The molecule has 0 saturated carbocycles. The van der Waals surface area contributed by atoms with Crippen LogP contribution in [0.2, 0.25) is 5.02 Å². The molecule has 2 N–H and O–H groups in total. The van der Waals surface area contributed by atoms with Crippen molar-refractivity contribution in [2.24, 2.45) is 0 Å². The van der Waals surface area contributed by atoms with Crippen LogP contribution in [0.15, 0.2) is 11.1 Å². The van der Waals surface area contributed by atoms with E-state index in [9.17, 15) is 18.0 Å². The number of nitrogens with zero attached hydrogens (tertiary/aromatic N) is 1. The first-order valence-corrected chi connectivity index (χ1v) is 3.82. The van der Waals surface area contributed by atoms with Crippen LogP contribution in [0.25, 0.3) is 0 Å². The number of alkyl halides is 3. The van der Waals surface area contributed by atoms with E-state index in [1.165, 1.54) is 0 Å². The minimum absolute atomic E-state index is 0.284. The molecule has 0 aliphatic heterocycles. The van der Waals surface area contributed by atoms with Crippen molar-refractivity contribution in [3.63, 3.8) is 0 Å². The summed E-state index contributed by atoms with van der Waals surface area (Å²) in [4.78, 5) is 16.4. The molecule has 4 nitrogen and oxygen atoms in total. The third-order valence-corrected chi connectivity index (χ3v) is 1.60. The first-order valence-electron chi connectivity index (χ1n) is 3.44. The smallest absolute Gasteiger partial charge is 0.360 e. The lowest BCUT2D eigenvalue weighted by Crippen LogP contribution is -2.23. The van der Waals surface area contributed by atoms with Gasteiger partial charge in [-0.15, -0.1) is 0 Å². The van der Waals surface area contributed by atoms with Gasteiger partial charge >= 0.3 is 6.18 Å². The number of aromatic nitrogens is 2. The highest BCUT2D eigenvalue weighted by atomic mass is 35.5. The van der Waals surface area contributed by atoms with E-state index in [1.54, 1.807) is 0 Å². The van der Waals surface area contributed by atoms with Crippen LogP contribution in [-0.4, -0.2) is 22.7 Å². The zero-order valence-electron chi connectivity index (χ0n) is 6.65. The summed E-state index contributed by atoms with van der Waals surface area (Å²) in [5, 5.41) is 1.51. The largest absolute Gasteiger partial charge is 0.405 e. The number of nitrogens with one attached hydrogen (secondary N) is 2. The normalized spacial score (nSPS) is 11.4. The molecular weight excluding hydrogens is 223 g/mol. The minimum Gasteiger partial charge on any atom is -0.360 e. The number of hydrogen-bond acceptors (Lipinski definition) is 3. The molecule has 0 saturated heterocycles. The van der Waals surface area contributed by atoms with Crippen molar-refractivity contribution in [1.29, 1.82) is 0 Å². The van der Waals surface area contributed by atoms with E-state index in [0.29, 0.717) is 0 Å². The van der Waals surface area contributed by atoms with Gasteiger partial charge < -0.3 is 10.3 Å². The first kappa shape index (κ1) is 10.8. The van der Waals surface area contributed by atoms with Crippen LogP contribution in [0.3, 0.4) is 0 Å². The molecule has 0 aromatic carbocycles. The Morgan fingerprint density at radius 2 is 2.21 bits per heavy atom. The average Bonchev–Trinajstić information content (AvgIpc) is 2.06. The maximum absolute atomic E-state index is 11.8. The average molecular weight is 228 g/mol. The molecule has 0 bridgehead atoms. The molecule has 1 aromatic heterocycles. The molecule has 1 aromatic rings. The second-order valence-corrected chi connectivity index (χ2v) is 2.74. The van der Waals surface area contributed by atoms with E-state index in [4.69, 9.17) is 11.6 Å². The van der Waals surface area contributed by atoms with Crippen LogP contribution >= 0.6 is 11.6 Å². The van der Waals surface area contributed by atoms with Crippen LogP contribution in [0.4, 0.5) is 19.0 Å². The molecule has 0 radical (unpaired) electrons. The van der Waals surface area contributed by atoms with Crippen LogP contribution in [0.1, 0.15) is 0 Å². The van der Waals surface area contributed by atoms with Gasteiger partial charge in [0.15, 0.2) is 5.82 Å². The predicted octanol–water partition coefficient (Wildman–Crippen LogP) is 1.40. The molecule has 1 heterocycles. The fourth-order valence-corrected chi connectivity index (χ4v) is 0.860. The Labute approximate surface area is 81.1 Å². The molecule has 8 heteroatoms. The van der Waals surface area contributed by atoms with E-state index in [1.807, 2.05) is 5.32 Å². The number of hydrogen-bond donors (Lipinski definition) is 2. The SMILES string of the molecule is O=c1[nH]cnc(NCC(F)(F)F)c1Cl. The lowest BCUT2D eigenvalue weighted by molar-refractivity contribution is -0.115. The van der Waals surface area contributed by atoms with Crippen molar-refractivity contribution in [2.45, 2.75) is 6.18 Å². The van der Waals surface area contributed by atoms with Crippen molar-refractivity contribution < 1.29 is 13.2 Å². The fraction of sp³-hybridized carbons (Fsp3) is 0.333. The second kappa shape index (κ2) is 3.87. The Kier molecular flexibility index (Phi) is 3.00. The fourth-order valence-electron chi connectivity index (χ4n) is 0.690. The van der Waals surface area contributed by atoms with Gasteiger partial charge in [-0.25, -0.2) is 4.98 Å². The van der Waals surface area contributed by atoms with Gasteiger partial charge in [-0.3, -0.25) is 4.79 Å². The standard InChI is InChI=1S/C6H5ClF3N3O/c7-3-4(11-1-6(8,9)10)12-2-13-5(3)14/h2H,1H2,(H2,11,12,13,14). The van der Waals surface area contributed by atoms with Crippen LogP contribution in [0.5, 0.6) is 0 Å². The Hall–Kier alpha value is -1.24. The first-order chi connectivity index (χ1) is 6.40. The van der Waals surface area contributed by atoms with E-state index in [0.717, 1.165) is 6.33 Å². The van der Waals surface area contributed by atoms with Gasteiger partial charge in [0.1, 0.15) is 11.6 Å². The summed E-state index contributed by atoms with van der Waals surface area (Å²) in [6.07, 6.45) is -3.42. The Bertz CT molecular complexity index is 375. The van der Waals surface area contributed by atoms with Gasteiger partial charge in [0.25, 0.3) is 5.56 Å². The van der Waals surface area contributed by atoms with Gasteiger partial charge in [-0.05, 0) is 0 Å². The lowest BCUT2D eigenvalue weighted by Gasteiger charge is -2.08. The minimum atomic E-state index is -4.38. The molecule has 0 atom stereocenters. The zero-order valence-corrected chi connectivity index (χ0v) is 7.41. The predicted molar refractivity (Wildman–Crippen MR) is 44.4 cm³/mol. The number of halogens is 4. The summed E-state index contributed by atoms with van der Waals surface area (Å²) in [7, 11) is 0. The number of aromatic amines is 1. The number of H-pyrrole nitrogens is 1. The summed E-state index contributed by atoms with van der Waals surface area (Å²) in [6.45, 7) is -1.29. The maximum atomic E-state index is 11.8. The number of rotatable bonds is 2. The van der Waals surface area contributed by atoms with Gasteiger partial charge in [0, 0.05) is 0 Å². The topological polar surface area (TPSA) is 57.8 Å². The molecule has 0 spiro atoms. The van der Waals surface area contributed by atoms with Gasteiger partial charge in [-0.2, -0.15) is 13.2 Å². The molecule has 0 fully saturated rings. The van der Waals surface area contributed by atoms with Crippen molar-refractivity contribution in [3.05, 3.63) is 21.7 Å². The lowest BCUT2D eigenvalue weighted by atomic mass is 10.5. The van der Waals surface area contributed by atoms with E-state index < -0.39 is 23.3 Å². The van der Waals surface area contributed by atoms with E-state index in [-0.39, 0.29) is 5.82 Å². The highest BCUT2D eigenvalue weighted by molar-refractivity contribution is 6.32. The quantitative estimate of drug-likeness (QED) is 0.803. The van der Waals surface area contributed by atoms with E-state index >= 15 is 0 Å². The maximum Gasteiger partial charge on any atom is 0.405 e.